The lowest BCUT2D eigenvalue weighted by molar-refractivity contribution is 0.196. The highest BCUT2D eigenvalue weighted by molar-refractivity contribution is 5.43. The van der Waals surface area contributed by atoms with Crippen molar-refractivity contribution >= 4 is 0 Å². The number of nitrogens with one attached hydrogen (secondary N) is 2. The van der Waals surface area contributed by atoms with Gasteiger partial charge in [0, 0.05) is 18.4 Å². The molecular formula is C15H21N3O3. The van der Waals surface area contributed by atoms with Crippen LogP contribution in [0.2, 0.25) is 0 Å². The molecule has 2 aromatic rings. The molecule has 1 aromatic heterocycles. The second-order valence-corrected chi connectivity index (χ2v) is 4.62. The number of H-pyrrole nitrogens is 1. The van der Waals surface area contributed by atoms with Crippen molar-refractivity contribution in [3.63, 3.8) is 0 Å². The molecule has 6 heteroatoms. The minimum atomic E-state index is -0.0218. The molecule has 2 rings (SSSR count). The molecule has 0 saturated carbocycles. The second-order valence-electron chi connectivity index (χ2n) is 4.62. The Morgan fingerprint density at radius 1 is 1.38 bits per heavy atom. The van der Waals surface area contributed by atoms with Gasteiger partial charge in [0.25, 0.3) is 0 Å². The van der Waals surface area contributed by atoms with Crippen LogP contribution in [0.25, 0.3) is 0 Å². The smallest absolute Gasteiger partial charge is 0.161 e. The number of aliphatic hydroxyl groups excluding tert-OH is 1. The van der Waals surface area contributed by atoms with Gasteiger partial charge < -0.3 is 24.9 Å². The van der Waals surface area contributed by atoms with Crippen LogP contribution in [0.1, 0.15) is 24.4 Å². The van der Waals surface area contributed by atoms with E-state index in [1.165, 1.54) is 0 Å². The third-order valence-corrected chi connectivity index (χ3v) is 3.17. The van der Waals surface area contributed by atoms with Gasteiger partial charge in [0.15, 0.2) is 11.5 Å². The zero-order chi connectivity index (χ0) is 15.1. The zero-order valence-corrected chi connectivity index (χ0v) is 12.3. The highest BCUT2D eigenvalue weighted by Crippen LogP contribution is 2.30. The first-order valence-electron chi connectivity index (χ1n) is 6.88. The number of aromatic nitrogens is 2. The third-order valence-electron chi connectivity index (χ3n) is 3.17. The minimum absolute atomic E-state index is 0.0218. The summed E-state index contributed by atoms with van der Waals surface area (Å²) in [6, 6.07) is 5.92. The molecule has 0 aliphatic carbocycles. The lowest BCUT2D eigenvalue weighted by atomic mass is 10.1. The maximum atomic E-state index is 8.81. The van der Waals surface area contributed by atoms with Gasteiger partial charge in [0.1, 0.15) is 12.4 Å². The van der Waals surface area contributed by atoms with Gasteiger partial charge in [0.2, 0.25) is 0 Å². The van der Waals surface area contributed by atoms with Crippen LogP contribution in [0, 0.1) is 0 Å². The van der Waals surface area contributed by atoms with E-state index in [4.69, 9.17) is 14.6 Å². The Morgan fingerprint density at radius 2 is 2.24 bits per heavy atom. The van der Waals surface area contributed by atoms with Crippen molar-refractivity contribution in [1.82, 2.24) is 15.3 Å². The van der Waals surface area contributed by atoms with E-state index in [0.717, 1.165) is 11.4 Å². The van der Waals surface area contributed by atoms with Crippen molar-refractivity contribution in [2.24, 2.45) is 0 Å². The van der Waals surface area contributed by atoms with E-state index in [-0.39, 0.29) is 19.3 Å². The molecule has 1 atom stereocenters. The first kappa shape index (κ1) is 15.3. The monoisotopic (exact) mass is 291 g/mol. The van der Waals surface area contributed by atoms with E-state index in [1.54, 1.807) is 19.5 Å². The number of nitrogens with zero attached hydrogens (tertiary/aromatic N) is 1. The Labute approximate surface area is 124 Å². The topological polar surface area (TPSA) is 79.4 Å². The standard InChI is InChI=1S/C15H21N3O3/c1-11(18-10-15-16-5-6-17-15)12-3-4-13(21-8-7-19)14(9-12)20-2/h3-6,9,11,18-19H,7-8,10H2,1-2H3,(H,16,17). The molecule has 0 aliphatic heterocycles. The average molecular weight is 291 g/mol. The fraction of sp³-hybridized carbons (Fsp3) is 0.400. The molecule has 0 radical (unpaired) electrons. The van der Waals surface area contributed by atoms with Crippen molar-refractivity contribution in [2.45, 2.75) is 19.5 Å². The number of benzene rings is 1. The van der Waals surface area contributed by atoms with Crippen LogP contribution in [-0.2, 0) is 6.54 Å². The largest absolute Gasteiger partial charge is 0.493 e. The third kappa shape index (κ3) is 4.21. The van der Waals surface area contributed by atoms with Gasteiger partial charge >= 0.3 is 0 Å². The summed E-state index contributed by atoms with van der Waals surface area (Å²) in [4.78, 5) is 7.23. The van der Waals surface area contributed by atoms with Crippen LogP contribution in [0.4, 0.5) is 0 Å². The molecule has 1 heterocycles. The van der Waals surface area contributed by atoms with Crippen molar-refractivity contribution in [1.29, 1.82) is 0 Å². The number of rotatable bonds is 8. The van der Waals surface area contributed by atoms with Crippen molar-refractivity contribution in [3.8, 4) is 11.5 Å². The molecule has 0 fully saturated rings. The first-order valence-corrected chi connectivity index (χ1v) is 6.88. The summed E-state index contributed by atoms with van der Waals surface area (Å²) in [5.41, 5.74) is 1.09. The lowest BCUT2D eigenvalue weighted by Crippen LogP contribution is -2.19. The maximum Gasteiger partial charge on any atom is 0.161 e. The Morgan fingerprint density at radius 3 is 2.90 bits per heavy atom. The fourth-order valence-electron chi connectivity index (χ4n) is 1.99. The molecule has 1 aromatic carbocycles. The Balaban J connectivity index is 2.01. The van der Waals surface area contributed by atoms with Gasteiger partial charge in [-0.05, 0) is 24.6 Å². The molecule has 0 aliphatic rings. The summed E-state index contributed by atoms with van der Waals surface area (Å²) in [6.45, 7) is 2.97. The van der Waals surface area contributed by atoms with Gasteiger partial charge in [0.05, 0.1) is 20.3 Å². The van der Waals surface area contributed by atoms with Crippen LogP contribution < -0.4 is 14.8 Å². The van der Waals surface area contributed by atoms with E-state index in [9.17, 15) is 0 Å². The number of ether oxygens (including phenoxy) is 2. The van der Waals surface area contributed by atoms with Gasteiger partial charge in [-0.2, -0.15) is 0 Å². The number of imidazole rings is 1. The van der Waals surface area contributed by atoms with Gasteiger partial charge in [-0.3, -0.25) is 0 Å². The Kier molecular flexibility index (Phi) is 5.59. The maximum absolute atomic E-state index is 8.81. The van der Waals surface area contributed by atoms with E-state index in [1.807, 2.05) is 18.2 Å². The molecule has 0 bridgehead atoms. The number of hydrogen-bond donors (Lipinski definition) is 3. The van der Waals surface area contributed by atoms with Crippen LogP contribution in [-0.4, -0.2) is 35.4 Å². The summed E-state index contributed by atoms with van der Waals surface area (Å²) >= 11 is 0. The number of aliphatic hydroxyl groups is 1. The summed E-state index contributed by atoms with van der Waals surface area (Å²) in [5.74, 6) is 2.19. The predicted octanol–water partition coefficient (Wildman–Crippen LogP) is 1.64. The molecule has 0 spiro atoms. The molecule has 1 unspecified atom stereocenters. The molecule has 0 saturated heterocycles. The Bertz CT molecular complexity index is 543. The van der Waals surface area contributed by atoms with Gasteiger partial charge in [-0.15, -0.1) is 0 Å². The molecular weight excluding hydrogens is 270 g/mol. The van der Waals surface area contributed by atoms with Crippen LogP contribution in [0.15, 0.2) is 30.6 Å². The van der Waals surface area contributed by atoms with Crippen molar-refractivity contribution in [3.05, 3.63) is 42.0 Å². The number of methoxy groups -OCH3 is 1. The van der Waals surface area contributed by atoms with Crippen molar-refractivity contribution in [2.75, 3.05) is 20.3 Å². The zero-order valence-electron chi connectivity index (χ0n) is 12.3. The highest BCUT2D eigenvalue weighted by Gasteiger charge is 2.10. The predicted molar refractivity (Wildman–Crippen MR) is 79.4 cm³/mol. The van der Waals surface area contributed by atoms with Gasteiger partial charge in [-0.25, -0.2) is 4.98 Å². The fourth-order valence-corrected chi connectivity index (χ4v) is 1.99. The minimum Gasteiger partial charge on any atom is -0.493 e. The summed E-state index contributed by atoms with van der Waals surface area (Å²) < 4.78 is 10.8. The SMILES string of the molecule is COc1cc(C(C)NCc2ncc[nH]2)ccc1OCCO. The van der Waals surface area contributed by atoms with Crippen molar-refractivity contribution < 1.29 is 14.6 Å². The quantitative estimate of drug-likeness (QED) is 0.689. The number of aromatic amines is 1. The second kappa shape index (κ2) is 7.66. The summed E-state index contributed by atoms with van der Waals surface area (Å²) in [5, 5.41) is 12.2. The summed E-state index contributed by atoms with van der Waals surface area (Å²) in [7, 11) is 1.60. The molecule has 3 N–H and O–H groups in total. The molecule has 6 nitrogen and oxygen atoms in total. The van der Waals surface area contributed by atoms with Crippen LogP contribution in [0.5, 0.6) is 11.5 Å². The van der Waals surface area contributed by atoms with E-state index >= 15 is 0 Å². The number of hydrogen-bond acceptors (Lipinski definition) is 5. The first-order chi connectivity index (χ1) is 10.2. The highest BCUT2D eigenvalue weighted by atomic mass is 16.5. The lowest BCUT2D eigenvalue weighted by Gasteiger charge is -2.16. The Hall–Kier alpha value is -2.05. The molecule has 21 heavy (non-hydrogen) atoms. The van der Waals surface area contributed by atoms with Crippen LogP contribution >= 0.6 is 0 Å². The summed E-state index contributed by atoms with van der Waals surface area (Å²) in [6.07, 6.45) is 3.54. The molecule has 114 valence electrons. The van der Waals surface area contributed by atoms with E-state index < -0.39 is 0 Å². The van der Waals surface area contributed by atoms with Crippen LogP contribution in [0.3, 0.4) is 0 Å². The van der Waals surface area contributed by atoms with E-state index in [2.05, 4.69) is 22.2 Å². The van der Waals surface area contributed by atoms with E-state index in [0.29, 0.717) is 18.0 Å². The van der Waals surface area contributed by atoms with Gasteiger partial charge in [-0.1, -0.05) is 6.07 Å². The molecule has 0 amide bonds. The average Bonchev–Trinajstić information content (AvgIpc) is 3.03. The normalized spacial score (nSPS) is 12.1.